The van der Waals surface area contributed by atoms with E-state index < -0.39 is 16.0 Å². The van der Waals surface area contributed by atoms with Crippen molar-refractivity contribution in [1.29, 1.82) is 0 Å². The van der Waals surface area contributed by atoms with Gasteiger partial charge in [-0.2, -0.15) is 4.31 Å². The van der Waals surface area contributed by atoms with Crippen LogP contribution in [0.4, 0.5) is 0 Å². The highest BCUT2D eigenvalue weighted by atomic mass is 32.2. The Kier molecular flexibility index (Phi) is 3.77. The van der Waals surface area contributed by atoms with Gasteiger partial charge in [-0.05, 0) is 38.5 Å². The highest BCUT2D eigenvalue weighted by Crippen LogP contribution is 2.29. The van der Waals surface area contributed by atoms with Crippen LogP contribution in [0.2, 0.25) is 0 Å². The number of aromatic carboxylic acids is 1. The minimum Gasteiger partial charge on any atom is -0.475 e. The SMILES string of the molecule is CC1=CCN(S(=O)(=O)c2ccc3oc(C(=O)O)c(C)c3c2)CC1. The van der Waals surface area contributed by atoms with E-state index in [9.17, 15) is 13.2 Å². The molecule has 23 heavy (non-hydrogen) atoms. The molecule has 7 heteroatoms. The Labute approximate surface area is 134 Å². The van der Waals surface area contributed by atoms with Crippen LogP contribution in [0.3, 0.4) is 0 Å². The molecule has 122 valence electrons. The number of carbonyl (C=O) groups is 1. The zero-order valence-electron chi connectivity index (χ0n) is 12.9. The Hall–Kier alpha value is -2.12. The van der Waals surface area contributed by atoms with Crippen molar-refractivity contribution >= 4 is 27.0 Å². The van der Waals surface area contributed by atoms with Gasteiger partial charge in [0.25, 0.3) is 0 Å². The lowest BCUT2D eigenvalue weighted by molar-refractivity contribution is 0.0664. The van der Waals surface area contributed by atoms with Gasteiger partial charge < -0.3 is 9.52 Å². The maximum absolute atomic E-state index is 12.7. The molecular formula is C16H17NO5S. The summed E-state index contributed by atoms with van der Waals surface area (Å²) in [5.74, 6) is -1.33. The van der Waals surface area contributed by atoms with Gasteiger partial charge in [0.1, 0.15) is 5.58 Å². The fourth-order valence-electron chi connectivity index (χ4n) is 2.68. The van der Waals surface area contributed by atoms with E-state index in [0.29, 0.717) is 29.6 Å². The van der Waals surface area contributed by atoms with Crippen LogP contribution in [-0.2, 0) is 10.0 Å². The molecule has 1 aromatic carbocycles. The van der Waals surface area contributed by atoms with Gasteiger partial charge in [-0.25, -0.2) is 13.2 Å². The molecule has 0 amide bonds. The normalized spacial score (nSPS) is 16.5. The number of hydrogen-bond acceptors (Lipinski definition) is 4. The van der Waals surface area contributed by atoms with Crippen LogP contribution in [0.5, 0.6) is 0 Å². The molecule has 6 nitrogen and oxygen atoms in total. The van der Waals surface area contributed by atoms with E-state index in [0.717, 1.165) is 6.42 Å². The topological polar surface area (TPSA) is 87.8 Å². The number of carboxylic acid groups (broad SMARTS) is 1. The number of carboxylic acids is 1. The molecule has 0 saturated carbocycles. The molecule has 1 aromatic heterocycles. The first-order valence-electron chi connectivity index (χ1n) is 7.23. The van der Waals surface area contributed by atoms with Gasteiger partial charge in [-0.3, -0.25) is 0 Å². The molecule has 1 aliphatic heterocycles. The van der Waals surface area contributed by atoms with E-state index in [1.807, 2.05) is 13.0 Å². The molecule has 0 bridgehead atoms. The van der Waals surface area contributed by atoms with Crippen molar-refractivity contribution < 1.29 is 22.7 Å². The molecule has 2 heterocycles. The second kappa shape index (κ2) is 5.50. The second-order valence-corrected chi connectivity index (χ2v) is 7.62. The lowest BCUT2D eigenvalue weighted by Gasteiger charge is -2.24. The lowest BCUT2D eigenvalue weighted by Crippen LogP contribution is -2.34. The zero-order chi connectivity index (χ0) is 16.8. The van der Waals surface area contributed by atoms with Crippen molar-refractivity contribution in [3.63, 3.8) is 0 Å². The van der Waals surface area contributed by atoms with Gasteiger partial charge in [0.05, 0.1) is 4.90 Å². The van der Waals surface area contributed by atoms with E-state index in [1.165, 1.54) is 28.1 Å². The van der Waals surface area contributed by atoms with Gasteiger partial charge in [0.15, 0.2) is 0 Å². The van der Waals surface area contributed by atoms with Crippen LogP contribution in [0.1, 0.15) is 29.5 Å². The van der Waals surface area contributed by atoms with E-state index >= 15 is 0 Å². The Morgan fingerprint density at radius 2 is 2.04 bits per heavy atom. The largest absolute Gasteiger partial charge is 0.475 e. The third-order valence-corrected chi connectivity index (χ3v) is 6.00. The second-order valence-electron chi connectivity index (χ2n) is 5.68. The van der Waals surface area contributed by atoms with Crippen molar-refractivity contribution in [3.05, 3.63) is 41.2 Å². The van der Waals surface area contributed by atoms with E-state index in [1.54, 1.807) is 6.92 Å². The lowest BCUT2D eigenvalue weighted by atomic mass is 10.1. The minimum atomic E-state index is -3.61. The molecule has 0 spiro atoms. The summed E-state index contributed by atoms with van der Waals surface area (Å²) in [6.07, 6.45) is 2.63. The van der Waals surface area contributed by atoms with Gasteiger partial charge in [-0.1, -0.05) is 11.6 Å². The van der Waals surface area contributed by atoms with Crippen molar-refractivity contribution in [3.8, 4) is 0 Å². The van der Waals surface area contributed by atoms with Crippen molar-refractivity contribution in [2.45, 2.75) is 25.2 Å². The number of furan rings is 1. The van der Waals surface area contributed by atoms with Crippen LogP contribution in [0.25, 0.3) is 11.0 Å². The van der Waals surface area contributed by atoms with Crippen molar-refractivity contribution in [2.75, 3.05) is 13.1 Å². The number of nitrogens with zero attached hydrogens (tertiary/aromatic N) is 1. The fourth-order valence-corrected chi connectivity index (χ4v) is 4.09. The third-order valence-electron chi connectivity index (χ3n) is 4.14. The first-order valence-corrected chi connectivity index (χ1v) is 8.67. The van der Waals surface area contributed by atoms with Gasteiger partial charge in [-0.15, -0.1) is 0 Å². The highest BCUT2D eigenvalue weighted by Gasteiger charge is 2.27. The summed E-state index contributed by atoms with van der Waals surface area (Å²) >= 11 is 0. The van der Waals surface area contributed by atoms with Crippen LogP contribution >= 0.6 is 0 Å². The summed E-state index contributed by atoms with van der Waals surface area (Å²) in [4.78, 5) is 11.3. The Balaban J connectivity index is 2.06. The number of fused-ring (bicyclic) bond motifs is 1. The van der Waals surface area contributed by atoms with Crippen LogP contribution in [0, 0.1) is 6.92 Å². The van der Waals surface area contributed by atoms with Gasteiger partial charge in [0.2, 0.25) is 15.8 Å². The standard InChI is InChI=1S/C16H17NO5S/c1-10-5-7-17(8-6-10)23(20,21)12-3-4-14-13(9-12)11(2)15(22-14)16(18)19/h3-5,9H,6-8H2,1-2H3,(H,18,19). The predicted octanol–water partition coefficient (Wildman–Crippen LogP) is 2.78. The quantitative estimate of drug-likeness (QED) is 0.871. The first kappa shape index (κ1) is 15.8. The van der Waals surface area contributed by atoms with E-state index in [-0.39, 0.29) is 10.7 Å². The van der Waals surface area contributed by atoms with Crippen LogP contribution in [-0.4, -0.2) is 36.9 Å². The van der Waals surface area contributed by atoms with Crippen molar-refractivity contribution in [2.24, 2.45) is 0 Å². The number of benzene rings is 1. The number of hydrogen-bond donors (Lipinski definition) is 1. The summed E-state index contributed by atoms with van der Waals surface area (Å²) in [5.41, 5.74) is 1.98. The molecule has 1 aliphatic rings. The molecule has 0 saturated heterocycles. The average molecular weight is 335 g/mol. The monoisotopic (exact) mass is 335 g/mol. The molecule has 3 rings (SSSR count). The Bertz CT molecular complexity index is 923. The molecular weight excluding hydrogens is 318 g/mol. The number of aryl methyl sites for hydroxylation is 1. The fraction of sp³-hybridized carbons (Fsp3) is 0.312. The third kappa shape index (κ3) is 2.66. The smallest absolute Gasteiger partial charge is 0.372 e. The maximum atomic E-state index is 12.7. The summed E-state index contributed by atoms with van der Waals surface area (Å²) in [7, 11) is -3.61. The molecule has 1 N–H and O–H groups in total. The van der Waals surface area contributed by atoms with E-state index in [4.69, 9.17) is 9.52 Å². The maximum Gasteiger partial charge on any atom is 0.372 e. The summed E-state index contributed by atoms with van der Waals surface area (Å²) in [6, 6.07) is 4.45. The van der Waals surface area contributed by atoms with Crippen LogP contribution in [0.15, 0.2) is 39.2 Å². The van der Waals surface area contributed by atoms with Gasteiger partial charge >= 0.3 is 5.97 Å². The van der Waals surface area contributed by atoms with Crippen molar-refractivity contribution in [1.82, 2.24) is 4.31 Å². The minimum absolute atomic E-state index is 0.152. The molecule has 2 aromatic rings. The summed E-state index contributed by atoms with van der Waals surface area (Å²) in [5, 5.41) is 9.60. The summed E-state index contributed by atoms with van der Waals surface area (Å²) in [6.45, 7) is 4.40. The zero-order valence-corrected chi connectivity index (χ0v) is 13.7. The van der Waals surface area contributed by atoms with E-state index in [2.05, 4.69) is 0 Å². The highest BCUT2D eigenvalue weighted by molar-refractivity contribution is 7.89. The average Bonchev–Trinajstić information content (AvgIpc) is 2.84. The molecule has 0 radical (unpaired) electrons. The summed E-state index contributed by atoms with van der Waals surface area (Å²) < 4.78 is 32.2. The van der Waals surface area contributed by atoms with Crippen LogP contribution < -0.4 is 0 Å². The first-order chi connectivity index (χ1) is 10.8. The molecule has 0 atom stereocenters. The molecule has 0 fully saturated rings. The number of sulfonamides is 1. The Morgan fingerprint density at radius 3 is 2.65 bits per heavy atom. The number of rotatable bonds is 3. The molecule has 0 unspecified atom stereocenters. The Morgan fingerprint density at radius 1 is 1.30 bits per heavy atom. The molecule has 0 aliphatic carbocycles. The van der Waals surface area contributed by atoms with Gasteiger partial charge in [0, 0.05) is 24.0 Å². The predicted molar refractivity (Wildman–Crippen MR) is 85.0 cm³/mol.